The molecule has 2 aromatic rings. The predicted molar refractivity (Wildman–Crippen MR) is 93.3 cm³/mol. The number of aromatic nitrogens is 2. The van der Waals surface area contributed by atoms with Gasteiger partial charge in [0.1, 0.15) is 10.7 Å². The highest BCUT2D eigenvalue weighted by atomic mass is 32.1. The molecule has 10 heteroatoms. The van der Waals surface area contributed by atoms with Crippen LogP contribution in [0.4, 0.5) is 24.1 Å². The van der Waals surface area contributed by atoms with Gasteiger partial charge in [-0.05, 0) is 12.1 Å². The van der Waals surface area contributed by atoms with Crippen molar-refractivity contribution >= 4 is 28.2 Å². The quantitative estimate of drug-likeness (QED) is 0.858. The van der Waals surface area contributed by atoms with Gasteiger partial charge in [0.05, 0.1) is 6.20 Å². The second-order valence-electron chi connectivity index (χ2n) is 5.76. The van der Waals surface area contributed by atoms with Crippen LogP contribution in [-0.2, 0) is 11.0 Å². The summed E-state index contributed by atoms with van der Waals surface area (Å²) in [5, 5.41) is 2.95. The summed E-state index contributed by atoms with van der Waals surface area (Å²) in [7, 11) is 0. The second-order valence-corrected chi connectivity index (χ2v) is 6.79. The summed E-state index contributed by atoms with van der Waals surface area (Å²) in [5.74, 6) is 0.872. The Morgan fingerprint density at radius 1 is 1.19 bits per heavy atom. The van der Waals surface area contributed by atoms with Gasteiger partial charge in [0, 0.05) is 45.3 Å². The summed E-state index contributed by atoms with van der Waals surface area (Å²) >= 11 is 0.539. The summed E-state index contributed by atoms with van der Waals surface area (Å²) in [6.07, 6.45) is -1.64. The summed E-state index contributed by atoms with van der Waals surface area (Å²) in [4.78, 5) is 23.4. The Morgan fingerprint density at radius 2 is 1.96 bits per heavy atom. The minimum absolute atomic E-state index is 0.0224. The van der Waals surface area contributed by atoms with Gasteiger partial charge in [-0.1, -0.05) is 17.4 Å². The predicted octanol–water partition coefficient (Wildman–Crippen LogP) is 2.71. The lowest BCUT2D eigenvalue weighted by Gasteiger charge is -2.35. The lowest BCUT2D eigenvalue weighted by atomic mass is 10.2. The van der Waals surface area contributed by atoms with Gasteiger partial charge < -0.3 is 15.1 Å². The van der Waals surface area contributed by atoms with Crippen molar-refractivity contribution in [1.29, 1.82) is 0 Å². The molecule has 1 N–H and O–H groups in total. The van der Waals surface area contributed by atoms with E-state index in [9.17, 15) is 18.0 Å². The minimum Gasteiger partial charge on any atom is -0.361 e. The summed E-state index contributed by atoms with van der Waals surface area (Å²) in [6.45, 7) is 2.87. The highest BCUT2D eigenvalue weighted by molar-refractivity contribution is 7.15. The maximum Gasteiger partial charge on any atom is 0.427 e. The molecule has 26 heavy (non-hydrogen) atoms. The highest BCUT2D eigenvalue weighted by Gasteiger charge is 2.33. The van der Waals surface area contributed by atoms with Crippen molar-refractivity contribution < 1.29 is 18.0 Å². The topological polar surface area (TPSA) is 61.4 Å². The number of hydrogen-bond donors (Lipinski definition) is 1. The van der Waals surface area contributed by atoms with Gasteiger partial charge in [0.15, 0.2) is 5.13 Å². The number of carbonyl (C=O) groups is 1. The van der Waals surface area contributed by atoms with Crippen LogP contribution in [0.25, 0.3) is 0 Å². The van der Waals surface area contributed by atoms with Gasteiger partial charge in [-0.3, -0.25) is 4.79 Å². The van der Waals surface area contributed by atoms with Crippen molar-refractivity contribution in [2.45, 2.75) is 12.6 Å². The van der Waals surface area contributed by atoms with Crippen LogP contribution in [0.15, 0.2) is 30.6 Å². The normalized spacial score (nSPS) is 15.2. The smallest absolute Gasteiger partial charge is 0.361 e. The average Bonchev–Trinajstić information content (AvgIpc) is 3.12. The maximum atomic E-state index is 12.5. The SMILES string of the molecule is O=C(CCNc1ncc(C(F)(F)F)s1)N1CCN(c2ccccn2)CC1. The number of carbonyl (C=O) groups excluding carboxylic acids is 1. The fourth-order valence-electron chi connectivity index (χ4n) is 2.65. The van der Waals surface area contributed by atoms with E-state index < -0.39 is 11.1 Å². The van der Waals surface area contributed by atoms with Crippen LogP contribution < -0.4 is 10.2 Å². The van der Waals surface area contributed by atoms with Crippen LogP contribution in [-0.4, -0.2) is 53.5 Å². The lowest BCUT2D eigenvalue weighted by Crippen LogP contribution is -2.49. The number of piperazine rings is 1. The van der Waals surface area contributed by atoms with Crippen LogP contribution in [0.2, 0.25) is 0 Å². The number of thiazole rings is 1. The molecule has 6 nitrogen and oxygen atoms in total. The Morgan fingerprint density at radius 3 is 2.58 bits per heavy atom. The summed E-state index contributed by atoms with van der Waals surface area (Å²) < 4.78 is 37.6. The minimum atomic E-state index is -4.39. The molecule has 1 aliphatic rings. The Bertz CT molecular complexity index is 729. The number of rotatable bonds is 5. The van der Waals surface area contributed by atoms with E-state index in [4.69, 9.17) is 0 Å². The van der Waals surface area contributed by atoms with Crippen LogP contribution in [0.5, 0.6) is 0 Å². The zero-order chi connectivity index (χ0) is 18.6. The molecular formula is C16H18F3N5OS. The first-order valence-electron chi connectivity index (χ1n) is 8.14. The Hall–Kier alpha value is -2.36. The highest BCUT2D eigenvalue weighted by Crippen LogP contribution is 2.34. The molecule has 0 bridgehead atoms. The summed E-state index contributed by atoms with van der Waals surface area (Å²) in [6, 6.07) is 5.72. The molecule has 0 aliphatic carbocycles. The van der Waals surface area contributed by atoms with Gasteiger partial charge in [-0.15, -0.1) is 0 Å². The van der Waals surface area contributed by atoms with Gasteiger partial charge in [-0.2, -0.15) is 13.2 Å². The van der Waals surface area contributed by atoms with Crippen molar-refractivity contribution in [2.75, 3.05) is 42.9 Å². The largest absolute Gasteiger partial charge is 0.427 e. The number of alkyl halides is 3. The van der Waals surface area contributed by atoms with Crippen molar-refractivity contribution in [3.63, 3.8) is 0 Å². The monoisotopic (exact) mass is 385 g/mol. The number of pyridine rings is 1. The van der Waals surface area contributed by atoms with Crippen molar-refractivity contribution in [3.05, 3.63) is 35.5 Å². The summed E-state index contributed by atoms with van der Waals surface area (Å²) in [5.41, 5.74) is 0. The lowest BCUT2D eigenvalue weighted by molar-refractivity contribution is -0.134. The van der Waals surface area contributed by atoms with E-state index >= 15 is 0 Å². The molecule has 1 amide bonds. The van der Waals surface area contributed by atoms with E-state index in [-0.39, 0.29) is 24.0 Å². The van der Waals surface area contributed by atoms with Gasteiger partial charge in [0.2, 0.25) is 5.91 Å². The number of nitrogens with zero attached hydrogens (tertiary/aromatic N) is 4. The van der Waals surface area contributed by atoms with Crippen molar-refractivity contribution in [3.8, 4) is 0 Å². The number of nitrogens with one attached hydrogen (secondary N) is 1. The van der Waals surface area contributed by atoms with E-state index in [1.54, 1.807) is 11.1 Å². The third-order valence-electron chi connectivity index (χ3n) is 4.01. The van der Waals surface area contributed by atoms with Crippen molar-refractivity contribution in [2.24, 2.45) is 0 Å². The molecular weight excluding hydrogens is 367 g/mol. The molecule has 1 saturated heterocycles. The number of hydrogen-bond acceptors (Lipinski definition) is 6. The third-order valence-corrected chi connectivity index (χ3v) is 5.01. The fraction of sp³-hybridized carbons (Fsp3) is 0.438. The first-order valence-corrected chi connectivity index (χ1v) is 8.96. The Balaban J connectivity index is 1.41. The molecule has 3 heterocycles. The van der Waals surface area contributed by atoms with Crippen LogP contribution in [0, 0.1) is 0 Å². The van der Waals surface area contributed by atoms with Crippen LogP contribution in [0.1, 0.15) is 11.3 Å². The molecule has 1 aliphatic heterocycles. The number of anilines is 2. The van der Waals surface area contributed by atoms with Crippen LogP contribution >= 0.6 is 11.3 Å². The van der Waals surface area contributed by atoms with Crippen molar-refractivity contribution in [1.82, 2.24) is 14.9 Å². The molecule has 0 spiro atoms. The first-order chi connectivity index (χ1) is 12.4. The Kier molecular flexibility index (Phi) is 5.60. The molecule has 3 rings (SSSR count). The van der Waals surface area contributed by atoms with Gasteiger partial charge >= 0.3 is 6.18 Å². The molecule has 0 aromatic carbocycles. The van der Waals surface area contributed by atoms with E-state index in [1.807, 2.05) is 18.2 Å². The maximum absolute atomic E-state index is 12.5. The third kappa shape index (κ3) is 4.63. The van der Waals surface area contributed by atoms with E-state index in [0.717, 1.165) is 12.0 Å². The van der Waals surface area contributed by atoms with Crippen LogP contribution in [0.3, 0.4) is 0 Å². The van der Waals surface area contributed by atoms with E-state index in [2.05, 4.69) is 20.2 Å². The van der Waals surface area contributed by atoms with Gasteiger partial charge in [0.25, 0.3) is 0 Å². The molecule has 0 atom stereocenters. The fourth-order valence-corrected chi connectivity index (χ4v) is 3.36. The van der Waals surface area contributed by atoms with E-state index in [1.165, 1.54) is 0 Å². The Labute approximate surface area is 152 Å². The molecule has 0 unspecified atom stereocenters. The molecule has 140 valence electrons. The molecule has 1 fully saturated rings. The molecule has 0 saturated carbocycles. The zero-order valence-corrected chi connectivity index (χ0v) is 14.7. The number of halogens is 3. The standard InChI is InChI=1S/C16H18F3N5OS/c17-16(18,19)12-11-22-15(26-12)21-6-4-14(25)24-9-7-23(8-10-24)13-3-1-2-5-20-13/h1-3,5,11H,4,6-10H2,(H,21,22). The van der Waals surface area contributed by atoms with Gasteiger partial charge in [-0.25, -0.2) is 9.97 Å². The first kappa shape index (κ1) is 18.4. The average molecular weight is 385 g/mol. The second kappa shape index (κ2) is 7.90. The molecule has 2 aromatic heterocycles. The zero-order valence-electron chi connectivity index (χ0n) is 13.9. The number of amides is 1. The molecule has 0 radical (unpaired) electrons. The van der Waals surface area contributed by atoms with E-state index in [0.29, 0.717) is 37.5 Å².